The van der Waals surface area contributed by atoms with Crippen LogP contribution in [-0.4, -0.2) is 22.2 Å². The van der Waals surface area contributed by atoms with Gasteiger partial charge in [0.15, 0.2) is 0 Å². The summed E-state index contributed by atoms with van der Waals surface area (Å²) in [6.45, 7) is 0.166. The molecule has 1 saturated carbocycles. The minimum atomic E-state index is -0.154. The van der Waals surface area contributed by atoms with Gasteiger partial charge in [0.2, 0.25) is 0 Å². The van der Waals surface area contributed by atoms with Crippen LogP contribution in [-0.2, 0) is 0 Å². The second-order valence-electron chi connectivity index (χ2n) is 5.02. The highest BCUT2D eigenvalue weighted by Gasteiger charge is 2.36. The number of aliphatic hydroxyl groups is 1. The Hall–Kier alpha value is -1.81. The minimum Gasteiger partial charge on any atom is -0.397 e. The highest BCUT2D eigenvalue weighted by molar-refractivity contribution is 5.97. The van der Waals surface area contributed by atoms with Crippen molar-refractivity contribution in [3.63, 3.8) is 0 Å². The van der Waals surface area contributed by atoms with Crippen molar-refractivity contribution in [3.05, 3.63) is 30.5 Å². The van der Waals surface area contributed by atoms with Gasteiger partial charge >= 0.3 is 0 Å². The first-order chi connectivity index (χ1) is 8.74. The number of nitrogens with zero attached hydrogens (tertiary/aromatic N) is 1. The van der Waals surface area contributed by atoms with Crippen molar-refractivity contribution in [2.24, 2.45) is 0 Å². The van der Waals surface area contributed by atoms with Crippen LogP contribution >= 0.6 is 0 Å². The normalized spacial score (nSPS) is 17.4. The molecular weight excluding hydrogens is 226 g/mol. The lowest BCUT2D eigenvalue weighted by Crippen LogP contribution is -2.48. The van der Waals surface area contributed by atoms with Crippen LogP contribution in [0.3, 0.4) is 0 Å². The maximum absolute atomic E-state index is 9.52. The van der Waals surface area contributed by atoms with E-state index in [1.165, 1.54) is 6.42 Å². The average molecular weight is 243 g/mol. The molecule has 0 unspecified atom stereocenters. The summed E-state index contributed by atoms with van der Waals surface area (Å²) < 4.78 is 0. The third-order valence-corrected chi connectivity index (χ3v) is 3.82. The Kier molecular flexibility index (Phi) is 2.59. The Balaban J connectivity index is 2.04. The molecule has 0 amide bonds. The molecule has 0 aliphatic heterocycles. The molecule has 1 aromatic carbocycles. The molecule has 94 valence electrons. The number of nitrogens with two attached hydrogens (primary N) is 1. The van der Waals surface area contributed by atoms with Gasteiger partial charge in [0.25, 0.3) is 0 Å². The number of fused-ring (bicyclic) bond motifs is 1. The van der Waals surface area contributed by atoms with Gasteiger partial charge in [0, 0.05) is 17.3 Å². The van der Waals surface area contributed by atoms with E-state index in [2.05, 4.69) is 10.3 Å². The molecule has 4 heteroatoms. The Labute approximate surface area is 106 Å². The van der Waals surface area contributed by atoms with Gasteiger partial charge in [-0.25, -0.2) is 0 Å². The topological polar surface area (TPSA) is 71.2 Å². The zero-order chi connectivity index (χ0) is 12.6. The monoisotopic (exact) mass is 243 g/mol. The van der Waals surface area contributed by atoms with Gasteiger partial charge < -0.3 is 16.2 Å². The molecule has 4 N–H and O–H groups in total. The van der Waals surface area contributed by atoms with E-state index in [9.17, 15) is 5.11 Å². The van der Waals surface area contributed by atoms with Crippen LogP contribution in [0.2, 0.25) is 0 Å². The van der Waals surface area contributed by atoms with Crippen LogP contribution in [0.4, 0.5) is 11.4 Å². The SMILES string of the molecule is Nc1cccc2c(NC3(CO)CCC3)ccnc12. The lowest BCUT2D eigenvalue weighted by Gasteiger charge is -2.42. The second kappa shape index (κ2) is 4.14. The van der Waals surface area contributed by atoms with E-state index >= 15 is 0 Å². The van der Waals surface area contributed by atoms with E-state index in [0.717, 1.165) is 29.4 Å². The molecule has 0 spiro atoms. The number of nitrogen functional groups attached to an aromatic ring is 1. The highest BCUT2D eigenvalue weighted by atomic mass is 16.3. The Morgan fingerprint density at radius 2 is 2.17 bits per heavy atom. The van der Waals surface area contributed by atoms with Crippen molar-refractivity contribution in [2.45, 2.75) is 24.8 Å². The molecule has 0 atom stereocenters. The first-order valence-electron chi connectivity index (χ1n) is 6.26. The molecule has 0 bridgehead atoms. The van der Waals surface area contributed by atoms with E-state index in [1.54, 1.807) is 6.20 Å². The number of pyridine rings is 1. The summed E-state index contributed by atoms with van der Waals surface area (Å²) in [6, 6.07) is 7.73. The highest BCUT2D eigenvalue weighted by Crippen LogP contribution is 2.37. The van der Waals surface area contributed by atoms with Crippen LogP contribution in [0.25, 0.3) is 10.9 Å². The van der Waals surface area contributed by atoms with Gasteiger partial charge in [-0.05, 0) is 31.4 Å². The summed E-state index contributed by atoms with van der Waals surface area (Å²) in [4.78, 5) is 4.31. The summed E-state index contributed by atoms with van der Waals surface area (Å²) in [5.41, 5.74) is 8.27. The molecule has 18 heavy (non-hydrogen) atoms. The number of hydrogen-bond donors (Lipinski definition) is 3. The van der Waals surface area contributed by atoms with E-state index in [0.29, 0.717) is 5.69 Å². The van der Waals surface area contributed by atoms with Crippen molar-refractivity contribution in [3.8, 4) is 0 Å². The lowest BCUT2D eigenvalue weighted by atomic mass is 9.77. The third-order valence-electron chi connectivity index (χ3n) is 3.82. The fourth-order valence-corrected chi connectivity index (χ4v) is 2.52. The standard InChI is InChI=1S/C14H17N3O/c15-11-4-1-3-10-12(5-8-16-13(10)11)17-14(9-18)6-2-7-14/h1,3-5,8,18H,2,6-7,9,15H2,(H,16,17). The molecule has 1 heterocycles. The van der Waals surface area contributed by atoms with Gasteiger partial charge in [0.05, 0.1) is 23.3 Å². The Morgan fingerprint density at radius 1 is 1.33 bits per heavy atom. The van der Waals surface area contributed by atoms with E-state index < -0.39 is 0 Å². The summed E-state index contributed by atoms with van der Waals surface area (Å²) in [6.07, 6.45) is 4.94. The number of rotatable bonds is 3. The van der Waals surface area contributed by atoms with E-state index in [-0.39, 0.29) is 12.1 Å². The molecule has 0 radical (unpaired) electrons. The molecule has 1 aromatic heterocycles. The fraction of sp³-hybridized carbons (Fsp3) is 0.357. The van der Waals surface area contributed by atoms with Crippen molar-refractivity contribution in [2.75, 3.05) is 17.7 Å². The largest absolute Gasteiger partial charge is 0.397 e. The zero-order valence-corrected chi connectivity index (χ0v) is 10.2. The number of hydrogen-bond acceptors (Lipinski definition) is 4. The van der Waals surface area contributed by atoms with Crippen molar-refractivity contribution < 1.29 is 5.11 Å². The molecule has 3 rings (SSSR count). The van der Waals surface area contributed by atoms with Gasteiger partial charge in [-0.1, -0.05) is 12.1 Å². The van der Waals surface area contributed by atoms with Crippen LogP contribution in [0.1, 0.15) is 19.3 Å². The summed E-state index contributed by atoms with van der Waals surface area (Å²) in [7, 11) is 0. The predicted octanol–water partition coefficient (Wildman–Crippen LogP) is 2.14. The summed E-state index contributed by atoms with van der Waals surface area (Å²) in [5, 5.41) is 14.0. The zero-order valence-electron chi connectivity index (χ0n) is 10.2. The lowest BCUT2D eigenvalue weighted by molar-refractivity contribution is 0.144. The minimum absolute atomic E-state index is 0.154. The summed E-state index contributed by atoms with van der Waals surface area (Å²) in [5.74, 6) is 0. The molecule has 1 aliphatic rings. The Morgan fingerprint density at radius 3 is 2.83 bits per heavy atom. The van der Waals surface area contributed by atoms with E-state index in [4.69, 9.17) is 5.73 Å². The smallest absolute Gasteiger partial charge is 0.0951 e. The van der Waals surface area contributed by atoms with Crippen LogP contribution in [0.5, 0.6) is 0 Å². The van der Waals surface area contributed by atoms with Crippen LogP contribution in [0, 0.1) is 0 Å². The Bertz CT molecular complexity index is 573. The molecule has 1 aliphatic carbocycles. The first-order valence-corrected chi connectivity index (χ1v) is 6.26. The van der Waals surface area contributed by atoms with Gasteiger partial charge in [-0.3, -0.25) is 4.98 Å². The van der Waals surface area contributed by atoms with Crippen LogP contribution < -0.4 is 11.1 Å². The predicted molar refractivity (Wildman–Crippen MR) is 73.4 cm³/mol. The number of aromatic nitrogens is 1. The molecule has 2 aromatic rings. The number of anilines is 2. The van der Waals surface area contributed by atoms with Gasteiger partial charge in [-0.15, -0.1) is 0 Å². The van der Waals surface area contributed by atoms with Crippen molar-refractivity contribution >= 4 is 22.3 Å². The molecule has 0 saturated heterocycles. The maximum Gasteiger partial charge on any atom is 0.0951 e. The van der Waals surface area contributed by atoms with Gasteiger partial charge in [-0.2, -0.15) is 0 Å². The van der Waals surface area contributed by atoms with E-state index in [1.807, 2.05) is 24.3 Å². The first kappa shape index (κ1) is 11.3. The maximum atomic E-state index is 9.52. The van der Waals surface area contributed by atoms with Crippen LogP contribution in [0.15, 0.2) is 30.5 Å². The third kappa shape index (κ3) is 1.69. The number of aliphatic hydroxyl groups excluding tert-OH is 1. The molecule has 1 fully saturated rings. The molecular formula is C14H17N3O. The van der Waals surface area contributed by atoms with Gasteiger partial charge in [0.1, 0.15) is 0 Å². The summed E-state index contributed by atoms with van der Waals surface area (Å²) >= 11 is 0. The number of nitrogens with one attached hydrogen (secondary N) is 1. The average Bonchev–Trinajstić information content (AvgIpc) is 2.35. The number of para-hydroxylation sites is 1. The van der Waals surface area contributed by atoms with Crippen molar-refractivity contribution in [1.29, 1.82) is 0 Å². The van der Waals surface area contributed by atoms with Crippen molar-refractivity contribution in [1.82, 2.24) is 4.98 Å². The fourth-order valence-electron chi connectivity index (χ4n) is 2.52. The quantitative estimate of drug-likeness (QED) is 0.722. The number of benzene rings is 1. The molecule has 4 nitrogen and oxygen atoms in total. The second-order valence-corrected chi connectivity index (χ2v) is 5.02.